The highest BCUT2D eigenvalue weighted by atomic mass is 32.2. The van der Waals surface area contributed by atoms with E-state index in [0.717, 1.165) is 11.1 Å². The average molecular weight is 345 g/mol. The minimum absolute atomic E-state index is 0.0138. The van der Waals surface area contributed by atoms with Crippen molar-refractivity contribution < 1.29 is 12.8 Å². The topological polar surface area (TPSA) is 85.1 Å². The van der Waals surface area contributed by atoms with Gasteiger partial charge in [0.05, 0.1) is 27.7 Å². The molecule has 1 aromatic heterocycles. The summed E-state index contributed by atoms with van der Waals surface area (Å²) in [7, 11) is -3.94. The Kier molecular flexibility index (Phi) is 4.67. The van der Waals surface area contributed by atoms with Crippen LogP contribution in [0.15, 0.2) is 28.5 Å². The van der Waals surface area contributed by atoms with Crippen LogP contribution in [-0.4, -0.2) is 18.4 Å². The van der Waals surface area contributed by atoms with Crippen LogP contribution in [0.3, 0.4) is 0 Å². The van der Waals surface area contributed by atoms with Gasteiger partial charge in [0.2, 0.25) is 10.0 Å². The van der Waals surface area contributed by atoms with E-state index in [-0.39, 0.29) is 22.0 Å². The molecular weight excluding hydrogens is 333 g/mol. The molecule has 1 aromatic carbocycles. The van der Waals surface area contributed by atoms with E-state index in [9.17, 15) is 12.8 Å². The summed E-state index contributed by atoms with van der Waals surface area (Å²) in [6.07, 6.45) is 0. The third-order valence-electron chi connectivity index (χ3n) is 2.62. The fraction of sp³-hybridized carbons (Fsp3) is 0.167. The summed E-state index contributed by atoms with van der Waals surface area (Å²) in [6, 6.07) is 3.65. The summed E-state index contributed by atoms with van der Waals surface area (Å²) in [5.74, 6) is -0.769. The van der Waals surface area contributed by atoms with E-state index in [1.807, 2.05) is 6.92 Å². The molecule has 0 bridgehead atoms. The number of rotatable bonds is 5. The fourth-order valence-electron chi connectivity index (χ4n) is 1.70. The van der Waals surface area contributed by atoms with Gasteiger partial charge < -0.3 is 5.73 Å². The number of hydrogen-bond donors (Lipinski definition) is 2. The number of hydrogen-bond acceptors (Lipinski definition) is 5. The zero-order valence-corrected chi connectivity index (χ0v) is 13.4. The van der Waals surface area contributed by atoms with Crippen molar-refractivity contribution >= 4 is 38.6 Å². The van der Waals surface area contributed by atoms with Gasteiger partial charge in [-0.05, 0) is 19.1 Å². The van der Waals surface area contributed by atoms with Gasteiger partial charge in [-0.1, -0.05) is 18.3 Å². The van der Waals surface area contributed by atoms with Gasteiger partial charge in [0.15, 0.2) is 0 Å². The number of benzene rings is 1. The van der Waals surface area contributed by atoms with E-state index in [0.29, 0.717) is 5.69 Å². The van der Waals surface area contributed by atoms with Crippen LogP contribution in [0.5, 0.6) is 0 Å². The molecule has 9 heteroatoms. The lowest BCUT2D eigenvalue weighted by atomic mass is 10.2. The Balaban J connectivity index is 2.32. The normalized spacial score (nSPS) is 11.5. The smallest absolute Gasteiger partial charge is 0.241 e. The second-order valence-electron chi connectivity index (χ2n) is 4.16. The van der Waals surface area contributed by atoms with Crippen molar-refractivity contribution in [1.82, 2.24) is 9.71 Å². The second-order valence-corrected chi connectivity index (χ2v) is 7.40. The molecule has 0 atom stereocenters. The molecule has 1 heterocycles. The van der Waals surface area contributed by atoms with Crippen molar-refractivity contribution in [3.8, 4) is 0 Å². The number of nitrogens with one attached hydrogen (secondary N) is 1. The lowest BCUT2D eigenvalue weighted by Gasteiger charge is -2.10. The van der Waals surface area contributed by atoms with Crippen LogP contribution < -0.4 is 10.5 Å². The molecule has 0 radical (unpaired) electrons. The van der Waals surface area contributed by atoms with E-state index < -0.39 is 15.8 Å². The van der Waals surface area contributed by atoms with Gasteiger partial charge >= 0.3 is 0 Å². The zero-order valence-electron chi connectivity index (χ0n) is 11.0. The molecule has 5 nitrogen and oxygen atoms in total. The molecule has 112 valence electrons. The first-order chi connectivity index (χ1) is 9.81. The summed E-state index contributed by atoms with van der Waals surface area (Å²) < 4.78 is 40.6. The molecule has 0 spiro atoms. The Hall–Kier alpha value is -1.42. The SMILES string of the molecule is Cc1nc(CNS(=O)(=O)c2cccc(F)c2C(N)=S)cs1. The summed E-state index contributed by atoms with van der Waals surface area (Å²) in [4.78, 5) is 3.57. The third kappa shape index (κ3) is 3.62. The molecule has 2 aromatic rings. The van der Waals surface area contributed by atoms with Gasteiger partial charge in [0.25, 0.3) is 0 Å². The Bertz CT molecular complexity index is 787. The van der Waals surface area contributed by atoms with Crippen LogP contribution in [0, 0.1) is 12.7 Å². The van der Waals surface area contributed by atoms with Gasteiger partial charge in [-0.2, -0.15) is 0 Å². The monoisotopic (exact) mass is 345 g/mol. The lowest BCUT2D eigenvalue weighted by Crippen LogP contribution is -2.27. The summed E-state index contributed by atoms with van der Waals surface area (Å²) in [5.41, 5.74) is 5.72. The number of sulfonamides is 1. The first-order valence-corrected chi connectivity index (χ1v) is 8.57. The van der Waals surface area contributed by atoms with Gasteiger partial charge in [-0.15, -0.1) is 11.3 Å². The van der Waals surface area contributed by atoms with E-state index >= 15 is 0 Å². The van der Waals surface area contributed by atoms with Gasteiger partial charge in [0, 0.05) is 5.38 Å². The number of aryl methyl sites for hydroxylation is 1. The van der Waals surface area contributed by atoms with E-state index in [2.05, 4.69) is 9.71 Å². The van der Waals surface area contributed by atoms with Crippen molar-refractivity contribution in [3.63, 3.8) is 0 Å². The molecule has 0 saturated heterocycles. The van der Waals surface area contributed by atoms with E-state index in [1.165, 1.54) is 23.5 Å². The van der Waals surface area contributed by atoms with Crippen molar-refractivity contribution in [2.24, 2.45) is 5.73 Å². The predicted molar refractivity (Wildman–Crippen MR) is 83.2 cm³/mol. The van der Waals surface area contributed by atoms with Crippen LogP contribution >= 0.6 is 23.6 Å². The molecular formula is C12H12FN3O2S3. The van der Waals surface area contributed by atoms with Crippen molar-refractivity contribution in [1.29, 1.82) is 0 Å². The van der Waals surface area contributed by atoms with Crippen molar-refractivity contribution in [3.05, 3.63) is 45.7 Å². The minimum Gasteiger partial charge on any atom is -0.389 e. The summed E-state index contributed by atoms with van der Waals surface area (Å²) in [6.45, 7) is 1.83. The Labute approximate surface area is 131 Å². The minimum atomic E-state index is -3.94. The van der Waals surface area contributed by atoms with Gasteiger partial charge in [0.1, 0.15) is 10.8 Å². The first kappa shape index (κ1) is 16.0. The Morgan fingerprint density at radius 2 is 2.24 bits per heavy atom. The number of thiazole rings is 1. The first-order valence-electron chi connectivity index (χ1n) is 5.80. The maximum absolute atomic E-state index is 13.7. The van der Waals surface area contributed by atoms with Crippen LogP contribution in [-0.2, 0) is 16.6 Å². The van der Waals surface area contributed by atoms with Crippen LogP contribution in [0.2, 0.25) is 0 Å². The largest absolute Gasteiger partial charge is 0.389 e. The zero-order chi connectivity index (χ0) is 15.6. The maximum atomic E-state index is 13.7. The number of nitrogens with two attached hydrogens (primary N) is 1. The molecule has 0 aliphatic rings. The van der Waals surface area contributed by atoms with Crippen LogP contribution in [0.4, 0.5) is 4.39 Å². The van der Waals surface area contributed by atoms with Crippen molar-refractivity contribution in [2.75, 3.05) is 0 Å². The molecule has 0 aliphatic carbocycles. The summed E-state index contributed by atoms with van der Waals surface area (Å²) in [5, 5.41) is 2.58. The third-order valence-corrected chi connectivity index (χ3v) is 5.09. The highest BCUT2D eigenvalue weighted by Gasteiger charge is 2.22. The Morgan fingerprint density at radius 1 is 1.52 bits per heavy atom. The van der Waals surface area contributed by atoms with Crippen LogP contribution in [0.25, 0.3) is 0 Å². The average Bonchev–Trinajstić information content (AvgIpc) is 2.82. The highest BCUT2D eigenvalue weighted by Crippen LogP contribution is 2.19. The van der Waals surface area contributed by atoms with E-state index in [1.54, 1.807) is 5.38 Å². The number of halogens is 1. The number of aromatic nitrogens is 1. The molecule has 2 rings (SSSR count). The van der Waals surface area contributed by atoms with Crippen LogP contribution in [0.1, 0.15) is 16.3 Å². The molecule has 0 unspecified atom stereocenters. The second kappa shape index (κ2) is 6.14. The highest BCUT2D eigenvalue weighted by molar-refractivity contribution is 7.89. The predicted octanol–water partition coefficient (Wildman–Crippen LogP) is 1.70. The lowest BCUT2D eigenvalue weighted by molar-refractivity contribution is 0.576. The van der Waals surface area contributed by atoms with Gasteiger partial charge in [-0.3, -0.25) is 0 Å². The number of thiocarbonyl (C=S) groups is 1. The molecule has 0 saturated carbocycles. The maximum Gasteiger partial charge on any atom is 0.241 e. The van der Waals surface area contributed by atoms with Gasteiger partial charge in [-0.25, -0.2) is 22.5 Å². The fourth-order valence-corrected chi connectivity index (χ4v) is 3.82. The quantitative estimate of drug-likeness (QED) is 0.806. The molecule has 0 amide bonds. The summed E-state index contributed by atoms with van der Waals surface area (Å²) >= 11 is 6.14. The molecule has 0 fully saturated rings. The molecule has 3 N–H and O–H groups in total. The Morgan fingerprint density at radius 3 is 2.81 bits per heavy atom. The molecule has 0 aliphatic heterocycles. The van der Waals surface area contributed by atoms with Crippen molar-refractivity contribution in [2.45, 2.75) is 18.4 Å². The number of nitrogens with zero attached hydrogens (tertiary/aromatic N) is 1. The molecule has 21 heavy (non-hydrogen) atoms. The standard InChI is InChI=1S/C12H12FN3O2S3/c1-7-16-8(6-20-7)5-15-21(17,18)10-4-2-3-9(13)11(10)12(14)19/h2-4,6,15H,5H2,1H3,(H2,14,19). The van der Waals surface area contributed by atoms with E-state index in [4.69, 9.17) is 18.0 Å².